The molecule has 0 aliphatic rings. The molecular formula is C19H15Cl2N3O. The molecule has 4 nitrogen and oxygen atoms in total. The van der Waals surface area contributed by atoms with Crippen LogP contribution in [0.5, 0.6) is 0 Å². The van der Waals surface area contributed by atoms with E-state index in [1.807, 2.05) is 30.3 Å². The van der Waals surface area contributed by atoms with Crippen molar-refractivity contribution < 1.29 is 4.79 Å². The molecule has 0 radical (unpaired) electrons. The third-order valence-corrected chi connectivity index (χ3v) is 4.35. The minimum atomic E-state index is -0.175. The molecule has 0 unspecified atom stereocenters. The number of anilines is 2. The van der Waals surface area contributed by atoms with Gasteiger partial charge in [0.1, 0.15) is 5.82 Å². The number of aromatic nitrogens is 1. The number of amides is 1. The van der Waals surface area contributed by atoms with E-state index < -0.39 is 0 Å². The largest absolute Gasteiger partial charge is 0.348 e. The van der Waals surface area contributed by atoms with Gasteiger partial charge in [-0.05, 0) is 29.8 Å². The molecule has 2 aromatic carbocycles. The molecule has 0 saturated heterocycles. The van der Waals surface area contributed by atoms with E-state index in [2.05, 4.69) is 15.6 Å². The fourth-order valence-electron chi connectivity index (χ4n) is 2.26. The maximum atomic E-state index is 12.3. The van der Waals surface area contributed by atoms with Gasteiger partial charge in [-0.25, -0.2) is 4.98 Å². The van der Waals surface area contributed by atoms with Crippen LogP contribution < -0.4 is 10.6 Å². The highest BCUT2D eigenvalue weighted by Crippen LogP contribution is 2.31. The fourth-order valence-corrected chi connectivity index (χ4v) is 2.61. The van der Waals surface area contributed by atoms with Crippen LogP contribution >= 0.6 is 23.2 Å². The minimum Gasteiger partial charge on any atom is -0.348 e. The molecule has 3 aromatic rings. The Morgan fingerprint density at radius 1 is 1.00 bits per heavy atom. The second-order valence-corrected chi connectivity index (χ2v) is 6.11. The first-order chi connectivity index (χ1) is 12.1. The number of halogens is 2. The molecule has 0 fully saturated rings. The Bertz CT molecular complexity index is 885. The van der Waals surface area contributed by atoms with Crippen LogP contribution in [-0.2, 0) is 6.54 Å². The van der Waals surface area contributed by atoms with Crippen molar-refractivity contribution in [2.24, 2.45) is 0 Å². The number of hydrogen-bond acceptors (Lipinski definition) is 3. The molecule has 25 heavy (non-hydrogen) atoms. The molecule has 0 aliphatic heterocycles. The monoisotopic (exact) mass is 371 g/mol. The van der Waals surface area contributed by atoms with Gasteiger partial charge in [-0.3, -0.25) is 4.79 Å². The first-order valence-corrected chi connectivity index (χ1v) is 8.38. The first-order valence-electron chi connectivity index (χ1n) is 7.63. The van der Waals surface area contributed by atoms with Gasteiger partial charge in [-0.2, -0.15) is 0 Å². The zero-order valence-electron chi connectivity index (χ0n) is 13.2. The summed E-state index contributed by atoms with van der Waals surface area (Å²) in [6.07, 6.45) is 1.57. The second-order valence-electron chi connectivity index (χ2n) is 5.32. The molecule has 1 heterocycles. The molecule has 2 N–H and O–H groups in total. The van der Waals surface area contributed by atoms with Gasteiger partial charge >= 0.3 is 0 Å². The van der Waals surface area contributed by atoms with E-state index in [0.29, 0.717) is 33.7 Å². The van der Waals surface area contributed by atoms with Gasteiger partial charge in [-0.1, -0.05) is 59.6 Å². The summed E-state index contributed by atoms with van der Waals surface area (Å²) in [4.78, 5) is 16.5. The van der Waals surface area contributed by atoms with Crippen molar-refractivity contribution in [2.75, 3.05) is 5.32 Å². The fraction of sp³-hybridized carbons (Fsp3) is 0.0526. The minimum absolute atomic E-state index is 0.175. The average molecular weight is 372 g/mol. The smallest absolute Gasteiger partial charge is 0.251 e. The van der Waals surface area contributed by atoms with Crippen LogP contribution in [0.3, 0.4) is 0 Å². The highest BCUT2D eigenvalue weighted by molar-refractivity contribution is 6.43. The molecule has 0 saturated carbocycles. The van der Waals surface area contributed by atoms with E-state index in [-0.39, 0.29) is 5.91 Å². The van der Waals surface area contributed by atoms with Crippen LogP contribution in [-0.4, -0.2) is 10.9 Å². The van der Waals surface area contributed by atoms with Crippen LogP contribution in [0.2, 0.25) is 10.0 Å². The molecule has 0 aliphatic carbocycles. The van der Waals surface area contributed by atoms with E-state index in [4.69, 9.17) is 23.2 Å². The Morgan fingerprint density at radius 3 is 2.60 bits per heavy atom. The van der Waals surface area contributed by atoms with Gasteiger partial charge in [0, 0.05) is 18.3 Å². The van der Waals surface area contributed by atoms with Gasteiger partial charge < -0.3 is 10.6 Å². The summed E-state index contributed by atoms with van der Waals surface area (Å²) >= 11 is 12.2. The van der Waals surface area contributed by atoms with E-state index in [9.17, 15) is 4.79 Å². The van der Waals surface area contributed by atoms with Gasteiger partial charge in [-0.15, -0.1) is 0 Å². The number of rotatable bonds is 5. The van der Waals surface area contributed by atoms with E-state index >= 15 is 0 Å². The number of carbonyl (C=O) groups excluding carboxylic acids is 1. The normalized spacial score (nSPS) is 10.3. The first kappa shape index (κ1) is 17.3. The van der Waals surface area contributed by atoms with Gasteiger partial charge in [0.2, 0.25) is 0 Å². The van der Waals surface area contributed by atoms with Crippen LogP contribution in [0.15, 0.2) is 66.9 Å². The zero-order chi connectivity index (χ0) is 17.6. The Labute approximate surface area is 155 Å². The SMILES string of the molecule is O=C(NCc1ccccc1)c1ccnc(Nc2cccc(Cl)c2Cl)c1. The summed E-state index contributed by atoms with van der Waals surface area (Å²) in [5, 5.41) is 6.81. The van der Waals surface area contributed by atoms with Gasteiger partial charge in [0.05, 0.1) is 15.7 Å². The summed E-state index contributed by atoms with van der Waals surface area (Å²) in [6, 6.07) is 18.3. The van der Waals surface area contributed by atoms with Crippen molar-refractivity contribution in [2.45, 2.75) is 6.54 Å². The van der Waals surface area contributed by atoms with Crippen LogP contribution in [0.25, 0.3) is 0 Å². The quantitative estimate of drug-likeness (QED) is 0.658. The zero-order valence-corrected chi connectivity index (χ0v) is 14.7. The Hall–Kier alpha value is -2.56. The highest BCUT2D eigenvalue weighted by Gasteiger charge is 2.09. The maximum Gasteiger partial charge on any atom is 0.251 e. The molecule has 3 rings (SSSR count). The van der Waals surface area contributed by atoms with Crippen molar-refractivity contribution in [1.82, 2.24) is 10.3 Å². The lowest BCUT2D eigenvalue weighted by atomic mass is 10.2. The van der Waals surface area contributed by atoms with E-state index in [0.717, 1.165) is 5.56 Å². The molecule has 126 valence electrons. The van der Waals surface area contributed by atoms with Crippen molar-refractivity contribution in [1.29, 1.82) is 0 Å². The van der Waals surface area contributed by atoms with Gasteiger partial charge in [0.25, 0.3) is 5.91 Å². The summed E-state index contributed by atoms with van der Waals surface area (Å²) in [6.45, 7) is 0.463. The second kappa shape index (κ2) is 8.01. The molecule has 6 heteroatoms. The van der Waals surface area contributed by atoms with Crippen molar-refractivity contribution in [3.8, 4) is 0 Å². The summed E-state index contributed by atoms with van der Waals surface area (Å²) < 4.78 is 0. The molecule has 1 aromatic heterocycles. The lowest BCUT2D eigenvalue weighted by Crippen LogP contribution is -2.22. The number of pyridine rings is 1. The summed E-state index contributed by atoms with van der Waals surface area (Å²) in [5.74, 6) is 0.336. The average Bonchev–Trinajstić information content (AvgIpc) is 2.64. The van der Waals surface area contributed by atoms with E-state index in [1.165, 1.54) is 0 Å². The standard InChI is InChI=1S/C19H15Cl2N3O/c20-15-7-4-8-16(18(15)21)24-17-11-14(9-10-22-17)19(25)23-12-13-5-2-1-3-6-13/h1-11H,12H2,(H,22,24)(H,23,25). The molecule has 0 bridgehead atoms. The number of hydrogen-bond donors (Lipinski definition) is 2. The predicted octanol–water partition coefficient (Wildman–Crippen LogP) is 5.06. The molecular weight excluding hydrogens is 357 g/mol. The third-order valence-electron chi connectivity index (χ3n) is 3.53. The number of benzene rings is 2. The topological polar surface area (TPSA) is 54.0 Å². The van der Waals surface area contributed by atoms with Gasteiger partial charge in [0.15, 0.2) is 0 Å². The maximum absolute atomic E-state index is 12.3. The molecule has 0 atom stereocenters. The Kier molecular flexibility index (Phi) is 5.53. The van der Waals surface area contributed by atoms with Crippen molar-refractivity contribution in [3.05, 3.63) is 88.0 Å². The van der Waals surface area contributed by atoms with Crippen LogP contribution in [0.1, 0.15) is 15.9 Å². The molecule has 1 amide bonds. The van der Waals surface area contributed by atoms with Crippen molar-refractivity contribution >= 4 is 40.6 Å². The summed E-state index contributed by atoms with van der Waals surface area (Å²) in [7, 11) is 0. The van der Waals surface area contributed by atoms with Crippen molar-refractivity contribution in [3.63, 3.8) is 0 Å². The Morgan fingerprint density at radius 2 is 1.80 bits per heavy atom. The number of nitrogens with zero attached hydrogens (tertiary/aromatic N) is 1. The van der Waals surface area contributed by atoms with E-state index in [1.54, 1.807) is 36.5 Å². The lowest BCUT2D eigenvalue weighted by molar-refractivity contribution is 0.0951. The van der Waals surface area contributed by atoms with Crippen LogP contribution in [0.4, 0.5) is 11.5 Å². The summed E-state index contributed by atoms with van der Waals surface area (Å²) in [5.41, 5.74) is 2.17. The third kappa shape index (κ3) is 4.50. The highest BCUT2D eigenvalue weighted by atomic mass is 35.5. The lowest BCUT2D eigenvalue weighted by Gasteiger charge is -2.10. The van der Waals surface area contributed by atoms with Crippen LogP contribution in [0, 0.1) is 0 Å². The number of carbonyl (C=O) groups is 1. The number of nitrogens with one attached hydrogen (secondary N) is 2. The molecule has 0 spiro atoms. The predicted molar refractivity (Wildman–Crippen MR) is 102 cm³/mol. The Balaban J connectivity index is 1.70.